The number of piperazine rings is 1. The van der Waals surface area contributed by atoms with Gasteiger partial charge in [0, 0.05) is 31.9 Å². The normalized spacial score (nSPS) is 14.6. The van der Waals surface area contributed by atoms with E-state index in [0.29, 0.717) is 43.0 Å². The van der Waals surface area contributed by atoms with Gasteiger partial charge in [-0.3, -0.25) is 0 Å². The summed E-state index contributed by atoms with van der Waals surface area (Å²) in [6, 6.07) is 15.9. The van der Waals surface area contributed by atoms with E-state index in [2.05, 4.69) is 17.0 Å². The first-order valence-corrected chi connectivity index (χ1v) is 9.54. The van der Waals surface area contributed by atoms with Gasteiger partial charge in [0.2, 0.25) is 10.0 Å². The van der Waals surface area contributed by atoms with Gasteiger partial charge in [0.1, 0.15) is 12.1 Å². The molecule has 0 saturated carbocycles. The Bertz CT molecular complexity index is 963. The van der Waals surface area contributed by atoms with Crippen LogP contribution in [0.15, 0.2) is 47.4 Å². The van der Waals surface area contributed by atoms with Gasteiger partial charge >= 0.3 is 0 Å². The Kier molecular flexibility index (Phi) is 4.81. The molecular weight excluding hydrogens is 350 g/mol. The standard InChI is InChI=1S/C18H17N5O2S/c19-12-14-2-1-3-15(13-20)18(14)23-10-8-22(9-11-23)16-4-6-17(7-5-16)26(21,24)25/h1-7H,8-11H2,(H2,21,24,25). The lowest BCUT2D eigenvalue weighted by Gasteiger charge is -2.38. The van der Waals surface area contributed by atoms with Gasteiger partial charge in [-0.1, -0.05) is 6.07 Å². The maximum atomic E-state index is 11.3. The molecule has 26 heavy (non-hydrogen) atoms. The Balaban J connectivity index is 1.77. The molecule has 7 nitrogen and oxygen atoms in total. The molecule has 0 radical (unpaired) electrons. The molecule has 0 amide bonds. The summed E-state index contributed by atoms with van der Waals surface area (Å²) in [5, 5.41) is 23.8. The van der Waals surface area contributed by atoms with Crippen molar-refractivity contribution in [2.45, 2.75) is 4.90 Å². The van der Waals surface area contributed by atoms with Crippen molar-refractivity contribution in [3.05, 3.63) is 53.6 Å². The molecule has 0 bridgehead atoms. The molecule has 1 heterocycles. The number of nitrogens with two attached hydrogens (primary N) is 1. The lowest BCUT2D eigenvalue weighted by atomic mass is 10.1. The summed E-state index contributed by atoms with van der Waals surface area (Å²) in [5.41, 5.74) is 2.58. The van der Waals surface area contributed by atoms with Crippen molar-refractivity contribution in [3.63, 3.8) is 0 Å². The summed E-state index contributed by atoms with van der Waals surface area (Å²) in [5.74, 6) is 0. The monoisotopic (exact) mass is 367 g/mol. The third kappa shape index (κ3) is 3.47. The van der Waals surface area contributed by atoms with Gasteiger partial charge < -0.3 is 9.80 Å². The zero-order chi connectivity index (χ0) is 18.7. The number of nitriles is 2. The number of primary sulfonamides is 1. The highest BCUT2D eigenvalue weighted by Gasteiger charge is 2.22. The second kappa shape index (κ2) is 7.04. The Labute approximate surface area is 152 Å². The molecule has 2 aromatic rings. The minimum absolute atomic E-state index is 0.0847. The quantitative estimate of drug-likeness (QED) is 0.877. The van der Waals surface area contributed by atoms with Gasteiger partial charge in [-0.15, -0.1) is 0 Å². The SMILES string of the molecule is N#Cc1cccc(C#N)c1N1CCN(c2ccc(S(N)(=O)=O)cc2)CC1. The van der Waals surface area contributed by atoms with Crippen molar-refractivity contribution in [3.8, 4) is 12.1 Å². The van der Waals surface area contributed by atoms with E-state index in [4.69, 9.17) is 5.14 Å². The molecule has 2 N–H and O–H groups in total. The molecule has 1 aliphatic heterocycles. The number of sulfonamides is 1. The van der Waals surface area contributed by atoms with Crippen LogP contribution in [-0.2, 0) is 10.0 Å². The number of nitrogens with zero attached hydrogens (tertiary/aromatic N) is 4. The molecule has 0 unspecified atom stereocenters. The van der Waals surface area contributed by atoms with Gasteiger partial charge in [-0.2, -0.15) is 10.5 Å². The summed E-state index contributed by atoms with van der Waals surface area (Å²) >= 11 is 0. The molecule has 132 valence electrons. The van der Waals surface area contributed by atoms with Gasteiger partial charge in [-0.05, 0) is 36.4 Å². The number of anilines is 2. The molecule has 3 rings (SSSR count). The van der Waals surface area contributed by atoms with Crippen molar-refractivity contribution in [2.24, 2.45) is 5.14 Å². The predicted octanol–water partition coefficient (Wildman–Crippen LogP) is 1.40. The zero-order valence-corrected chi connectivity index (χ0v) is 14.8. The van der Waals surface area contributed by atoms with E-state index < -0.39 is 10.0 Å². The van der Waals surface area contributed by atoms with Gasteiger partial charge in [0.15, 0.2) is 0 Å². The highest BCUT2D eigenvalue weighted by atomic mass is 32.2. The van der Waals surface area contributed by atoms with E-state index in [1.807, 2.05) is 4.90 Å². The van der Waals surface area contributed by atoms with Crippen molar-refractivity contribution < 1.29 is 8.42 Å². The lowest BCUT2D eigenvalue weighted by Crippen LogP contribution is -2.47. The first-order chi connectivity index (χ1) is 12.4. The Morgan fingerprint density at radius 3 is 1.81 bits per heavy atom. The number of para-hydroxylation sites is 1. The number of hydrogen-bond donors (Lipinski definition) is 1. The molecule has 1 fully saturated rings. The number of benzene rings is 2. The molecule has 0 aliphatic carbocycles. The van der Waals surface area contributed by atoms with Crippen molar-refractivity contribution >= 4 is 21.4 Å². The topological polar surface area (TPSA) is 114 Å². The average molecular weight is 367 g/mol. The molecule has 0 spiro atoms. The van der Waals surface area contributed by atoms with Crippen LogP contribution in [0.5, 0.6) is 0 Å². The molecule has 1 aliphatic rings. The maximum absolute atomic E-state index is 11.3. The average Bonchev–Trinajstić information content (AvgIpc) is 2.67. The zero-order valence-electron chi connectivity index (χ0n) is 14.0. The smallest absolute Gasteiger partial charge is 0.238 e. The summed E-state index contributed by atoms with van der Waals surface area (Å²) in [7, 11) is -3.70. The van der Waals surface area contributed by atoms with Crippen LogP contribution in [0.2, 0.25) is 0 Å². The highest BCUT2D eigenvalue weighted by molar-refractivity contribution is 7.89. The molecule has 0 atom stereocenters. The van der Waals surface area contributed by atoms with Crippen LogP contribution in [0.4, 0.5) is 11.4 Å². The Morgan fingerprint density at radius 1 is 0.846 bits per heavy atom. The third-order valence-corrected chi connectivity index (χ3v) is 5.33. The fraction of sp³-hybridized carbons (Fsp3) is 0.222. The van der Waals surface area contributed by atoms with Crippen molar-refractivity contribution in [1.82, 2.24) is 0 Å². The summed E-state index contributed by atoms with van der Waals surface area (Å²) in [6.45, 7) is 2.70. The van der Waals surface area contributed by atoms with Gasteiger partial charge in [0.25, 0.3) is 0 Å². The summed E-state index contributed by atoms with van der Waals surface area (Å²) in [4.78, 5) is 4.26. The van der Waals surface area contributed by atoms with Crippen LogP contribution in [0, 0.1) is 22.7 Å². The Hall–Kier alpha value is -3.07. The van der Waals surface area contributed by atoms with Crippen molar-refractivity contribution in [1.29, 1.82) is 10.5 Å². The number of hydrogen-bond acceptors (Lipinski definition) is 6. The van der Waals surface area contributed by atoms with E-state index in [1.165, 1.54) is 12.1 Å². The van der Waals surface area contributed by atoms with Crippen LogP contribution >= 0.6 is 0 Å². The molecule has 1 saturated heterocycles. The van der Waals surface area contributed by atoms with E-state index in [0.717, 1.165) is 5.69 Å². The van der Waals surface area contributed by atoms with E-state index in [1.54, 1.807) is 30.3 Å². The molecule has 8 heteroatoms. The van der Waals surface area contributed by atoms with E-state index >= 15 is 0 Å². The van der Waals surface area contributed by atoms with Gasteiger partial charge in [0.05, 0.1) is 21.7 Å². The fourth-order valence-electron chi connectivity index (χ4n) is 3.10. The minimum atomic E-state index is -3.70. The van der Waals surface area contributed by atoms with E-state index in [-0.39, 0.29) is 4.90 Å². The predicted molar refractivity (Wildman–Crippen MR) is 98.1 cm³/mol. The lowest BCUT2D eigenvalue weighted by molar-refractivity contribution is 0.597. The second-order valence-corrected chi connectivity index (χ2v) is 7.50. The third-order valence-electron chi connectivity index (χ3n) is 4.40. The highest BCUT2D eigenvalue weighted by Crippen LogP contribution is 2.27. The maximum Gasteiger partial charge on any atom is 0.238 e. The molecular formula is C18H17N5O2S. The van der Waals surface area contributed by atoms with Crippen molar-refractivity contribution in [2.75, 3.05) is 36.0 Å². The van der Waals surface area contributed by atoms with Crippen LogP contribution in [-0.4, -0.2) is 34.6 Å². The molecule has 0 aromatic heterocycles. The number of rotatable bonds is 3. The van der Waals surface area contributed by atoms with Crippen LogP contribution < -0.4 is 14.9 Å². The van der Waals surface area contributed by atoms with E-state index in [9.17, 15) is 18.9 Å². The summed E-state index contributed by atoms with van der Waals surface area (Å²) in [6.07, 6.45) is 0. The fourth-order valence-corrected chi connectivity index (χ4v) is 3.61. The first-order valence-electron chi connectivity index (χ1n) is 8.00. The largest absolute Gasteiger partial charge is 0.368 e. The van der Waals surface area contributed by atoms with Gasteiger partial charge in [-0.25, -0.2) is 13.6 Å². The van der Waals surface area contributed by atoms with Crippen LogP contribution in [0.3, 0.4) is 0 Å². The first kappa shape index (κ1) is 17.7. The second-order valence-electron chi connectivity index (χ2n) is 5.94. The Morgan fingerprint density at radius 2 is 1.35 bits per heavy atom. The van der Waals surface area contributed by atoms with Crippen LogP contribution in [0.25, 0.3) is 0 Å². The minimum Gasteiger partial charge on any atom is -0.368 e. The molecule has 2 aromatic carbocycles. The summed E-state index contributed by atoms with van der Waals surface area (Å²) < 4.78 is 22.7. The van der Waals surface area contributed by atoms with Crippen LogP contribution in [0.1, 0.15) is 11.1 Å².